The van der Waals surface area contributed by atoms with Gasteiger partial charge in [-0.15, -0.1) is 0 Å². The lowest BCUT2D eigenvalue weighted by molar-refractivity contribution is 0.0995. The maximum atomic E-state index is 11.7. The highest BCUT2D eigenvalue weighted by Gasteiger charge is 2.02. The predicted octanol–water partition coefficient (Wildman–Crippen LogP) is 3.03. The molecular weight excluding hydrogens is 356 g/mol. The van der Waals surface area contributed by atoms with Crippen molar-refractivity contribution in [3.05, 3.63) is 91.9 Å². The fourth-order valence-corrected chi connectivity index (χ4v) is 2.25. The molecule has 0 unspecified atom stereocenters. The topological polar surface area (TPSA) is 121 Å². The largest absolute Gasteiger partial charge is 0.461 e. The summed E-state index contributed by atoms with van der Waals surface area (Å²) in [7, 11) is 0. The fraction of sp³-hybridized carbons (Fsp3) is 0. The van der Waals surface area contributed by atoms with Gasteiger partial charge in [0.1, 0.15) is 12.0 Å². The van der Waals surface area contributed by atoms with Crippen LogP contribution in [0.25, 0.3) is 21.9 Å². The van der Waals surface area contributed by atoms with E-state index < -0.39 is 5.91 Å². The number of rotatable bonds is 1. The molecule has 0 aliphatic rings. The zero-order valence-electron chi connectivity index (χ0n) is 14.7. The molecule has 0 radical (unpaired) electrons. The maximum absolute atomic E-state index is 11.7. The van der Waals surface area contributed by atoms with E-state index >= 15 is 0 Å². The molecule has 2 heterocycles. The zero-order chi connectivity index (χ0) is 19.6. The Bertz CT molecular complexity index is 1170. The molecule has 0 saturated heterocycles. The summed E-state index contributed by atoms with van der Waals surface area (Å²) in [4.78, 5) is 32.2. The third-order valence-electron chi connectivity index (χ3n) is 3.50. The molecule has 0 bridgehead atoms. The fourth-order valence-electron chi connectivity index (χ4n) is 2.25. The lowest BCUT2D eigenvalue weighted by atomic mass is 10.1. The minimum atomic E-state index is -0.684. The van der Waals surface area contributed by atoms with Gasteiger partial charge < -0.3 is 10.2 Å². The van der Waals surface area contributed by atoms with E-state index in [4.69, 9.17) is 10.2 Å². The van der Waals surface area contributed by atoms with E-state index in [9.17, 15) is 4.79 Å². The van der Waals surface area contributed by atoms with Gasteiger partial charge in [0.05, 0.1) is 17.9 Å². The summed E-state index contributed by atoms with van der Waals surface area (Å²) in [5.74, 6) is -0.684. The average molecular weight is 372 g/mol. The Morgan fingerprint density at radius 1 is 0.786 bits per heavy atom. The van der Waals surface area contributed by atoms with Gasteiger partial charge in [-0.1, -0.05) is 18.2 Å². The van der Waals surface area contributed by atoms with Crippen molar-refractivity contribution < 1.29 is 9.21 Å². The summed E-state index contributed by atoms with van der Waals surface area (Å²) in [5.41, 5.74) is 6.66. The van der Waals surface area contributed by atoms with E-state index in [1.807, 2.05) is 24.3 Å². The highest BCUT2D eigenvalue weighted by molar-refractivity contribution is 6.02. The summed E-state index contributed by atoms with van der Waals surface area (Å²) in [5, 5.41) is 1.46. The predicted molar refractivity (Wildman–Crippen MR) is 104 cm³/mol. The zero-order valence-corrected chi connectivity index (χ0v) is 14.7. The Labute approximate surface area is 160 Å². The second-order valence-electron chi connectivity index (χ2n) is 5.32. The third-order valence-corrected chi connectivity index (χ3v) is 3.50. The van der Waals surface area contributed by atoms with Crippen LogP contribution in [0.4, 0.5) is 0 Å². The number of nitrogens with zero attached hydrogens (tertiary/aromatic N) is 5. The molecule has 0 aliphatic heterocycles. The molecule has 0 atom stereocenters. The molecule has 0 fully saturated rings. The lowest BCUT2D eigenvalue weighted by Gasteiger charge is -1.99. The number of primary amides is 1. The van der Waals surface area contributed by atoms with E-state index in [-0.39, 0.29) is 5.69 Å². The van der Waals surface area contributed by atoms with E-state index in [0.717, 1.165) is 10.9 Å². The summed E-state index contributed by atoms with van der Waals surface area (Å²) >= 11 is 0. The van der Waals surface area contributed by atoms with Gasteiger partial charge in [0.15, 0.2) is 5.58 Å². The van der Waals surface area contributed by atoms with Gasteiger partial charge in [-0.25, -0.2) is 0 Å². The van der Waals surface area contributed by atoms with Crippen LogP contribution in [0.3, 0.4) is 0 Å². The minimum Gasteiger partial charge on any atom is -0.461 e. The van der Waals surface area contributed by atoms with Gasteiger partial charge in [-0.2, -0.15) is 0 Å². The summed E-state index contributed by atoms with van der Waals surface area (Å²) in [6.45, 7) is 0. The van der Waals surface area contributed by atoms with Crippen LogP contribution in [0.5, 0.6) is 0 Å². The number of para-hydroxylation sites is 1. The second kappa shape index (κ2) is 9.48. The number of nitrogens with two attached hydrogens (primary N) is 1. The standard InChI is InChI=1S/C20H16N6O2/c21-20(27)18-5-6-22-7-8-23-9-10-24-11-12-28-19-14-26-17-4-2-1-3-15(17)16(19)13-25-18/h1-14H,(H2,21,27). The molecule has 3 aromatic rings. The van der Waals surface area contributed by atoms with Gasteiger partial charge >= 0.3 is 0 Å². The Morgan fingerprint density at radius 3 is 2.29 bits per heavy atom. The SMILES string of the molecule is NC(=O)c1ccnccnccnccoc2cnc3ccccc3c2cn1. The van der Waals surface area contributed by atoms with E-state index in [1.165, 1.54) is 55.7 Å². The number of benzene rings is 1. The van der Waals surface area contributed by atoms with Crippen molar-refractivity contribution in [3.8, 4) is 0 Å². The van der Waals surface area contributed by atoms with Crippen LogP contribution >= 0.6 is 0 Å². The number of hydrogen-bond acceptors (Lipinski definition) is 7. The smallest absolute Gasteiger partial charge is 0.267 e. The first-order valence-electron chi connectivity index (χ1n) is 8.22. The van der Waals surface area contributed by atoms with Crippen molar-refractivity contribution in [2.75, 3.05) is 0 Å². The molecule has 3 rings (SSSR count). The third kappa shape index (κ3) is 4.92. The number of carbonyl (C=O) groups is 1. The molecule has 138 valence electrons. The van der Waals surface area contributed by atoms with Crippen molar-refractivity contribution in [3.63, 3.8) is 0 Å². The molecule has 0 saturated carbocycles. The van der Waals surface area contributed by atoms with Crippen LogP contribution in [0.1, 0.15) is 10.5 Å². The summed E-state index contributed by atoms with van der Waals surface area (Å²) < 4.78 is 5.65. The van der Waals surface area contributed by atoms with Gasteiger partial charge in [0.2, 0.25) is 0 Å². The van der Waals surface area contributed by atoms with Gasteiger partial charge in [-0.3, -0.25) is 29.7 Å². The molecule has 0 aliphatic carbocycles. The molecule has 2 N–H and O–H groups in total. The van der Waals surface area contributed by atoms with Gasteiger partial charge in [-0.05, 0) is 12.1 Å². The average Bonchev–Trinajstić information content (AvgIpc) is 2.71. The highest BCUT2D eigenvalue weighted by Crippen LogP contribution is 2.20. The monoisotopic (exact) mass is 372 g/mol. The molecular formula is C20H16N6O2. The van der Waals surface area contributed by atoms with Crippen molar-refractivity contribution >= 4 is 27.8 Å². The first-order valence-corrected chi connectivity index (χ1v) is 8.22. The normalized spacial score (nSPS) is 9.71. The Balaban J connectivity index is 2.38. The number of aromatic nitrogens is 5. The van der Waals surface area contributed by atoms with E-state index in [2.05, 4.69) is 24.9 Å². The second-order valence-corrected chi connectivity index (χ2v) is 5.32. The first-order chi connectivity index (χ1) is 13.8. The Kier molecular flexibility index (Phi) is 6.30. The molecule has 1 amide bonds. The molecule has 2 aromatic heterocycles. The van der Waals surface area contributed by atoms with Gasteiger partial charge in [0, 0.05) is 48.0 Å². The van der Waals surface area contributed by atoms with Crippen LogP contribution in [-0.2, 0) is 0 Å². The number of pyridine rings is 1. The minimum absolute atomic E-state index is 0.0377. The van der Waals surface area contributed by atoms with Gasteiger partial charge in [0.25, 0.3) is 5.91 Å². The van der Waals surface area contributed by atoms with E-state index in [0.29, 0.717) is 11.0 Å². The maximum Gasteiger partial charge on any atom is 0.267 e. The summed E-state index contributed by atoms with van der Waals surface area (Å²) in [6, 6.07) is 8.93. The van der Waals surface area contributed by atoms with E-state index in [1.54, 1.807) is 6.20 Å². The number of fused-ring (bicyclic) bond motifs is 3. The number of carbonyl (C=O) groups excluding carboxylic acids is 1. The Morgan fingerprint density at radius 2 is 1.50 bits per heavy atom. The van der Waals surface area contributed by atoms with Crippen LogP contribution in [0, 0.1) is 0 Å². The van der Waals surface area contributed by atoms with Crippen LogP contribution in [0.2, 0.25) is 0 Å². The molecule has 28 heavy (non-hydrogen) atoms. The highest BCUT2D eigenvalue weighted by atomic mass is 16.3. The van der Waals surface area contributed by atoms with Crippen molar-refractivity contribution in [2.45, 2.75) is 0 Å². The molecule has 0 spiro atoms. The van der Waals surface area contributed by atoms with Crippen molar-refractivity contribution in [1.29, 1.82) is 0 Å². The number of hydrogen-bond donors (Lipinski definition) is 1. The molecule has 1 aromatic carbocycles. The molecule has 8 heteroatoms. The van der Waals surface area contributed by atoms with Crippen LogP contribution < -0.4 is 5.73 Å². The lowest BCUT2D eigenvalue weighted by Crippen LogP contribution is -2.11. The number of amides is 1. The molecule has 8 nitrogen and oxygen atoms in total. The summed E-state index contributed by atoms with van der Waals surface area (Å²) in [6.07, 6.45) is 13.3. The quantitative estimate of drug-likeness (QED) is 0.697. The van der Waals surface area contributed by atoms with Crippen LogP contribution in [-0.4, -0.2) is 30.8 Å². The van der Waals surface area contributed by atoms with Crippen LogP contribution in [0.15, 0.2) is 90.6 Å². The van der Waals surface area contributed by atoms with Crippen molar-refractivity contribution in [2.24, 2.45) is 5.73 Å². The first kappa shape index (κ1) is 18.6. The Hall–Kier alpha value is -4.20. The van der Waals surface area contributed by atoms with Crippen molar-refractivity contribution in [1.82, 2.24) is 24.9 Å².